The quantitative estimate of drug-likeness (QED) is 0.571. The monoisotopic (exact) mass is 278 g/mol. The molecular weight excluding hydrogens is 248 g/mol. The SMILES string of the molecule is CCCCCCCCOC(C)CCc1ccc(O)cc1. The van der Waals surface area contributed by atoms with E-state index in [1.54, 1.807) is 12.1 Å². The van der Waals surface area contributed by atoms with E-state index in [9.17, 15) is 5.11 Å². The van der Waals surface area contributed by atoms with Gasteiger partial charge in [0.15, 0.2) is 0 Å². The van der Waals surface area contributed by atoms with Crippen LogP contribution in [0.3, 0.4) is 0 Å². The van der Waals surface area contributed by atoms with Gasteiger partial charge >= 0.3 is 0 Å². The fourth-order valence-corrected chi connectivity index (χ4v) is 2.28. The Morgan fingerprint density at radius 3 is 2.35 bits per heavy atom. The third-order valence-corrected chi connectivity index (χ3v) is 3.68. The van der Waals surface area contributed by atoms with Gasteiger partial charge in [-0.25, -0.2) is 0 Å². The first-order valence-corrected chi connectivity index (χ1v) is 8.12. The largest absolute Gasteiger partial charge is 0.508 e. The number of ether oxygens (including phenoxy) is 1. The Morgan fingerprint density at radius 2 is 1.65 bits per heavy atom. The Labute approximate surface area is 124 Å². The van der Waals surface area contributed by atoms with Crippen LogP contribution in [-0.2, 0) is 11.2 Å². The average molecular weight is 278 g/mol. The van der Waals surface area contributed by atoms with Crippen molar-refractivity contribution in [2.75, 3.05) is 6.61 Å². The number of hydrogen-bond acceptors (Lipinski definition) is 2. The van der Waals surface area contributed by atoms with Crippen LogP contribution < -0.4 is 0 Å². The average Bonchev–Trinajstić information content (AvgIpc) is 2.46. The predicted octanol–water partition coefficient (Wildman–Crippen LogP) is 5.09. The van der Waals surface area contributed by atoms with Crippen molar-refractivity contribution < 1.29 is 9.84 Å². The van der Waals surface area contributed by atoms with Gasteiger partial charge in [-0.15, -0.1) is 0 Å². The van der Waals surface area contributed by atoms with Gasteiger partial charge in [-0.05, 0) is 43.9 Å². The molecule has 0 bridgehead atoms. The molecule has 0 radical (unpaired) electrons. The summed E-state index contributed by atoms with van der Waals surface area (Å²) in [6.07, 6.45) is 10.2. The zero-order chi connectivity index (χ0) is 14.6. The molecule has 2 heteroatoms. The van der Waals surface area contributed by atoms with Crippen LogP contribution in [0.2, 0.25) is 0 Å². The summed E-state index contributed by atoms with van der Waals surface area (Å²) in [6.45, 7) is 5.29. The maximum absolute atomic E-state index is 9.23. The van der Waals surface area contributed by atoms with E-state index in [1.165, 1.54) is 44.1 Å². The van der Waals surface area contributed by atoms with E-state index in [2.05, 4.69) is 13.8 Å². The highest BCUT2D eigenvalue weighted by molar-refractivity contribution is 5.25. The molecule has 0 amide bonds. The van der Waals surface area contributed by atoms with E-state index in [4.69, 9.17) is 4.74 Å². The van der Waals surface area contributed by atoms with Gasteiger partial charge in [-0.1, -0.05) is 51.2 Å². The molecule has 0 aliphatic rings. The van der Waals surface area contributed by atoms with Crippen LogP contribution in [0.4, 0.5) is 0 Å². The molecule has 0 aliphatic heterocycles. The molecule has 20 heavy (non-hydrogen) atoms. The summed E-state index contributed by atoms with van der Waals surface area (Å²) in [5.74, 6) is 0.334. The van der Waals surface area contributed by atoms with Crippen molar-refractivity contribution in [2.45, 2.75) is 71.3 Å². The molecule has 0 heterocycles. The van der Waals surface area contributed by atoms with Gasteiger partial charge < -0.3 is 9.84 Å². The molecule has 1 N–H and O–H groups in total. The minimum atomic E-state index is 0.319. The maximum atomic E-state index is 9.23. The second-order valence-electron chi connectivity index (χ2n) is 5.65. The van der Waals surface area contributed by atoms with Gasteiger partial charge in [0.2, 0.25) is 0 Å². The van der Waals surface area contributed by atoms with Gasteiger partial charge in [-0.2, -0.15) is 0 Å². The number of phenolic OH excluding ortho intramolecular Hbond substituents is 1. The van der Waals surface area contributed by atoms with E-state index in [0.29, 0.717) is 11.9 Å². The van der Waals surface area contributed by atoms with Gasteiger partial charge in [0.05, 0.1) is 6.10 Å². The molecule has 0 fully saturated rings. The number of hydrogen-bond donors (Lipinski definition) is 1. The number of aromatic hydroxyl groups is 1. The first-order chi connectivity index (χ1) is 9.72. The summed E-state index contributed by atoms with van der Waals surface area (Å²) < 4.78 is 5.84. The first-order valence-electron chi connectivity index (χ1n) is 8.12. The lowest BCUT2D eigenvalue weighted by Gasteiger charge is -2.13. The fraction of sp³-hybridized carbons (Fsp3) is 0.667. The second kappa shape index (κ2) is 10.7. The normalized spacial score (nSPS) is 12.5. The topological polar surface area (TPSA) is 29.5 Å². The molecule has 114 valence electrons. The van der Waals surface area contributed by atoms with Crippen LogP contribution in [0.1, 0.15) is 64.4 Å². The third-order valence-electron chi connectivity index (χ3n) is 3.68. The molecule has 2 nitrogen and oxygen atoms in total. The van der Waals surface area contributed by atoms with Crippen LogP contribution in [-0.4, -0.2) is 17.8 Å². The summed E-state index contributed by atoms with van der Waals surface area (Å²) >= 11 is 0. The zero-order valence-corrected chi connectivity index (χ0v) is 13.1. The lowest BCUT2D eigenvalue weighted by molar-refractivity contribution is 0.0577. The fourth-order valence-electron chi connectivity index (χ4n) is 2.28. The van der Waals surface area contributed by atoms with Crippen LogP contribution in [0.5, 0.6) is 5.75 Å². The van der Waals surface area contributed by atoms with Gasteiger partial charge in [0.1, 0.15) is 5.75 Å². The van der Waals surface area contributed by atoms with Crippen LogP contribution in [0, 0.1) is 0 Å². The van der Waals surface area contributed by atoms with Crippen molar-refractivity contribution in [1.29, 1.82) is 0 Å². The molecule has 0 saturated carbocycles. The molecule has 1 rings (SSSR count). The Balaban J connectivity index is 2.00. The molecule has 1 aromatic carbocycles. The van der Waals surface area contributed by atoms with Crippen LogP contribution in [0.15, 0.2) is 24.3 Å². The highest BCUT2D eigenvalue weighted by atomic mass is 16.5. The summed E-state index contributed by atoms with van der Waals surface area (Å²) in [5.41, 5.74) is 1.26. The van der Waals surface area contributed by atoms with E-state index in [-0.39, 0.29) is 0 Å². The molecule has 0 aromatic heterocycles. The van der Waals surface area contributed by atoms with E-state index in [1.807, 2.05) is 12.1 Å². The number of unbranched alkanes of at least 4 members (excludes halogenated alkanes) is 5. The number of phenols is 1. The van der Waals surface area contributed by atoms with E-state index in [0.717, 1.165) is 19.4 Å². The van der Waals surface area contributed by atoms with Crippen molar-refractivity contribution in [3.05, 3.63) is 29.8 Å². The Kier molecular flexibility index (Phi) is 9.14. The lowest BCUT2D eigenvalue weighted by atomic mass is 10.1. The first kappa shape index (κ1) is 17.0. The minimum Gasteiger partial charge on any atom is -0.508 e. The molecule has 0 aliphatic carbocycles. The van der Waals surface area contributed by atoms with E-state index < -0.39 is 0 Å². The number of aryl methyl sites for hydroxylation is 1. The highest BCUT2D eigenvalue weighted by Crippen LogP contribution is 2.13. The summed E-state index contributed by atoms with van der Waals surface area (Å²) in [4.78, 5) is 0. The van der Waals surface area contributed by atoms with Gasteiger partial charge in [0, 0.05) is 6.61 Å². The lowest BCUT2D eigenvalue weighted by Crippen LogP contribution is -2.10. The molecule has 1 aromatic rings. The molecule has 1 atom stereocenters. The summed E-state index contributed by atoms with van der Waals surface area (Å²) in [5, 5.41) is 9.23. The zero-order valence-electron chi connectivity index (χ0n) is 13.1. The standard InChI is InChI=1S/C18H30O2/c1-3-4-5-6-7-8-15-20-16(2)9-10-17-11-13-18(19)14-12-17/h11-14,16,19H,3-10,15H2,1-2H3. The molecular formula is C18H30O2. The highest BCUT2D eigenvalue weighted by Gasteiger charge is 2.03. The smallest absolute Gasteiger partial charge is 0.115 e. The summed E-state index contributed by atoms with van der Waals surface area (Å²) in [7, 11) is 0. The second-order valence-corrected chi connectivity index (χ2v) is 5.65. The maximum Gasteiger partial charge on any atom is 0.115 e. The van der Waals surface area contributed by atoms with E-state index >= 15 is 0 Å². The minimum absolute atomic E-state index is 0.319. The van der Waals surface area contributed by atoms with Crippen molar-refractivity contribution in [1.82, 2.24) is 0 Å². The molecule has 1 unspecified atom stereocenters. The third kappa shape index (κ3) is 8.21. The Morgan fingerprint density at radius 1 is 1.00 bits per heavy atom. The predicted molar refractivity (Wildman–Crippen MR) is 85.2 cm³/mol. The number of benzene rings is 1. The van der Waals surface area contributed by atoms with Crippen LogP contribution >= 0.6 is 0 Å². The van der Waals surface area contributed by atoms with Crippen molar-refractivity contribution in [2.24, 2.45) is 0 Å². The van der Waals surface area contributed by atoms with Crippen molar-refractivity contribution in [3.8, 4) is 5.75 Å². The van der Waals surface area contributed by atoms with Crippen molar-refractivity contribution in [3.63, 3.8) is 0 Å². The molecule has 0 spiro atoms. The van der Waals surface area contributed by atoms with Gasteiger partial charge in [0.25, 0.3) is 0 Å². The van der Waals surface area contributed by atoms with Crippen LogP contribution in [0.25, 0.3) is 0 Å². The Bertz CT molecular complexity index is 332. The van der Waals surface area contributed by atoms with Crippen molar-refractivity contribution >= 4 is 0 Å². The Hall–Kier alpha value is -1.02. The molecule has 0 saturated heterocycles. The number of rotatable bonds is 11. The summed E-state index contributed by atoms with van der Waals surface area (Å²) in [6, 6.07) is 7.46. The van der Waals surface area contributed by atoms with Gasteiger partial charge in [-0.3, -0.25) is 0 Å².